The molecule has 3 N–H and O–H groups in total. The van der Waals surface area contributed by atoms with Gasteiger partial charge in [-0.05, 0) is 69.5 Å². The average molecular weight is 619 g/mol. The molecule has 0 radical (unpaired) electrons. The number of benzene rings is 2. The molecule has 0 fully saturated rings. The number of H-pyrrole nitrogens is 1. The van der Waals surface area contributed by atoms with Crippen LogP contribution in [0, 0.1) is 18.6 Å². The number of aromatic nitrogens is 2. The lowest BCUT2D eigenvalue weighted by Crippen LogP contribution is -2.34. The monoisotopic (exact) mass is 618 g/mol. The highest BCUT2D eigenvalue weighted by molar-refractivity contribution is 5.95. The maximum absolute atomic E-state index is 14.9. The number of rotatable bonds is 12. The van der Waals surface area contributed by atoms with Crippen molar-refractivity contribution in [1.82, 2.24) is 20.6 Å². The molecule has 0 bridgehead atoms. The van der Waals surface area contributed by atoms with Gasteiger partial charge in [0.1, 0.15) is 34.5 Å². The first-order chi connectivity index (χ1) is 21.4. The summed E-state index contributed by atoms with van der Waals surface area (Å²) in [6.07, 6.45) is 2.79. The number of nitrogens with one attached hydrogen (secondary N) is 3. The van der Waals surface area contributed by atoms with Crippen LogP contribution in [0.15, 0.2) is 67.0 Å². The molecule has 4 aromatic rings. The number of carbonyl (C=O) groups is 3. The molecule has 2 amide bonds. The van der Waals surface area contributed by atoms with Crippen molar-refractivity contribution in [3.05, 3.63) is 101 Å². The summed E-state index contributed by atoms with van der Waals surface area (Å²) in [5, 5.41) is 5.44. The fourth-order valence-corrected chi connectivity index (χ4v) is 4.39. The molecular formula is C34H36F2N4O5. The van der Waals surface area contributed by atoms with E-state index in [2.05, 4.69) is 20.6 Å². The minimum Gasteiger partial charge on any atom is -0.457 e. The van der Waals surface area contributed by atoms with Crippen LogP contribution in [0.4, 0.5) is 13.6 Å². The third kappa shape index (κ3) is 9.99. The van der Waals surface area contributed by atoms with Crippen LogP contribution in [0.3, 0.4) is 0 Å². The minimum absolute atomic E-state index is 0.125. The van der Waals surface area contributed by atoms with E-state index in [1.54, 1.807) is 63.4 Å². The van der Waals surface area contributed by atoms with E-state index in [1.807, 2.05) is 6.92 Å². The molecule has 0 aliphatic heterocycles. The largest absolute Gasteiger partial charge is 0.457 e. The zero-order chi connectivity index (χ0) is 32.6. The lowest BCUT2D eigenvalue weighted by molar-refractivity contribution is -0.117. The van der Waals surface area contributed by atoms with Gasteiger partial charge in [0, 0.05) is 50.5 Å². The molecule has 0 aliphatic carbocycles. The second kappa shape index (κ2) is 14.6. The van der Waals surface area contributed by atoms with Crippen molar-refractivity contribution in [3.8, 4) is 22.9 Å². The van der Waals surface area contributed by atoms with Gasteiger partial charge in [0.05, 0.1) is 17.0 Å². The van der Waals surface area contributed by atoms with E-state index in [0.717, 1.165) is 5.56 Å². The molecule has 0 unspecified atom stereocenters. The van der Waals surface area contributed by atoms with Crippen LogP contribution < -0.4 is 15.4 Å². The lowest BCUT2D eigenvalue weighted by Gasteiger charge is -2.19. The number of amides is 2. The maximum atomic E-state index is 14.9. The molecule has 9 nitrogen and oxygen atoms in total. The molecular weight excluding hydrogens is 582 g/mol. The van der Waals surface area contributed by atoms with Gasteiger partial charge in [-0.3, -0.25) is 14.6 Å². The zero-order valence-electron chi connectivity index (χ0n) is 25.6. The van der Waals surface area contributed by atoms with Gasteiger partial charge in [-0.15, -0.1) is 0 Å². The lowest BCUT2D eigenvalue weighted by atomic mass is 10.0. The van der Waals surface area contributed by atoms with Crippen molar-refractivity contribution in [2.24, 2.45) is 0 Å². The molecule has 2 aromatic carbocycles. The molecule has 4 rings (SSSR count). The number of halogens is 2. The molecule has 2 heterocycles. The number of alkyl carbamates (subject to hydrolysis) is 1. The summed E-state index contributed by atoms with van der Waals surface area (Å²) < 4.78 is 39.9. The summed E-state index contributed by atoms with van der Waals surface area (Å²) in [5.41, 5.74) is 2.20. The van der Waals surface area contributed by atoms with Crippen molar-refractivity contribution >= 4 is 17.8 Å². The number of pyridine rings is 1. The van der Waals surface area contributed by atoms with Crippen LogP contribution in [-0.2, 0) is 22.4 Å². The van der Waals surface area contributed by atoms with Gasteiger partial charge in [-0.25, -0.2) is 13.6 Å². The molecule has 0 spiro atoms. The number of aromatic amines is 1. The summed E-state index contributed by atoms with van der Waals surface area (Å²) in [6.45, 7) is 7.86. The summed E-state index contributed by atoms with van der Waals surface area (Å²) >= 11 is 0. The van der Waals surface area contributed by atoms with Gasteiger partial charge < -0.3 is 25.1 Å². The van der Waals surface area contributed by atoms with E-state index in [4.69, 9.17) is 9.47 Å². The first kappa shape index (κ1) is 32.8. The Labute approximate surface area is 260 Å². The zero-order valence-corrected chi connectivity index (χ0v) is 25.6. The normalized spacial score (nSPS) is 11.2. The van der Waals surface area contributed by atoms with E-state index in [1.165, 1.54) is 24.4 Å². The highest BCUT2D eigenvalue weighted by atomic mass is 19.1. The second-order valence-electron chi connectivity index (χ2n) is 11.6. The minimum atomic E-state index is -0.611. The van der Waals surface area contributed by atoms with Gasteiger partial charge in [-0.1, -0.05) is 23.8 Å². The number of ketones is 1. The highest BCUT2D eigenvalue weighted by Crippen LogP contribution is 2.27. The number of hydrogen-bond acceptors (Lipinski definition) is 6. The van der Waals surface area contributed by atoms with E-state index in [-0.39, 0.29) is 41.4 Å². The summed E-state index contributed by atoms with van der Waals surface area (Å²) in [4.78, 5) is 44.1. The summed E-state index contributed by atoms with van der Waals surface area (Å²) in [7, 11) is 0. The number of hydrogen-bond donors (Lipinski definition) is 3. The third-order valence-electron chi connectivity index (χ3n) is 6.50. The number of ether oxygens (including phenoxy) is 2. The Balaban J connectivity index is 1.29. The van der Waals surface area contributed by atoms with Gasteiger partial charge in [-0.2, -0.15) is 0 Å². The molecule has 236 valence electrons. The standard InChI is InChI=1S/C34H36F2N4O5/c1-21-6-9-28(35)23(14-21)16-25(41)15-22-7-8-26(18-29(22)36)44-27-10-13-37-31(19-27)30-17-24(20-40-30)32(42)38-11-5-12-39-33(43)45-34(2,3)4/h6-10,13-14,17-20,40H,5,11-12,15-16H2,1-4H3,(H,38,42)(H,39,43). The molecule has 11 heteroatoms. The molecule has 0 saturated heterocycles. The van der Waals surface area contributed by atoms with Gasteiger partial charge in [0.15, 0.2) is 0 Å². The van der Waals surface area contributed by atoms with Crippen LogP contribution in [0.1, 0.15) is 54.2 Å². The van der Waals surface area contributed by atoms with Crippen molar-refractivity contribution in [2.45, 2.75) is 52.6 Å². The average Bonchev–Trinajstić information content (AvgIpc) is 3.46. The Kier molecular flexibility index (Phi) is 10.7. The van der Waals surface area contributed by atoms with Gasteiger partial charge in [0.25, 0.3) is 5.91 Å². The molecule has 0 saturated carbocycles. The smallest absolute Gasteiger partial charge is 0.407 e. The number of aryl methyl sites for hydroxylation is 1. The molecule has 0 atom stereocenters. The van der Waals surface area contributed by atoms with Crippen LogP contribution >= 0.6 is 0 Å². The number of Topliss-reactive ketones (excluding diaryl/α,β-unsaturated/α-hetero) is 1. The third-order valence-corrected chi connectivity index (χ3v) is 6.50. The summed E-state index contributed by atoms with van der Waals surface area (Å²) in [5.74, 6) is -1.06. The molecule has 2 aromatic heterocycles. The topological polar surface area (TPSA) is 122 Å². The van der Waals surface area contributed by atoms with Crippen LogP contribution in [0.25, 0.3) is 11.4 Å². The predicted molar refractivity (Wildman–Crippen MR) is 165 cm³/mol. The Hall–Kier alpha value is -5.06. The predicted octanol–water partition coefficient (Wildman–Crippen LogP) is 6.45. The summed E-state index contributed by atoms with van der Waals surface area (Å²) in [6, 6.07) is 13.7. The van der Waals surface area contributed by atoms with E-state index in [0.29, 0.717) is 42.2 Å². The van der Waals surface area contributed by atoms with E-state index in [9.17, 15) is 23.2 Å². The maximum Gasteiger partial charge on any atom is 0.407 e. The fourth-order valence-electron chi connectivity index (χ4n) is 4.39. The van der Waals surface area contributed by atoms with Crippen molar-refractivity contribution in [1.29, 1.82) is 0 Å². The Morgan fingerprint density at radius 1 is 0.867 bits per heavy atom. The van der Waals surface area contributed by atoms with Crippen molar-refractivity contribution in [3.63, 3.8) is 0 Å². The first-order valence-electron chi connectivity index (χ1n) is 14.5. The quantitative estimate of drug-likeness (QED) is 0.157. The van der Waals surface area contributed by atoms with Crippen LogP contribution in [0.5, 0.6) is 11.5 Å². The van der Waals surface area contributed by atoms with E-state index >= 15 is 0 Å². The van der Waals surface area contributed by atoms with Gasteiger partial charge in [0.2, 0.25) is 0 Å². The van der Waals surface area contributed by atoms with Crippen molar-refractivity contribution < 1.29 is 32.6 Å². The van der Waals surface area contributed by atoms with Crippen molar-refractivity contribution in [2.75, 3.05) is 13.1 Å². The van der Waals surface area contributed by atoms with Crippen LogP contribution in [0.2, 0.25) is 0 Å². The fraction of sp³-hybridized carbons (Fsp3) is 0.294. The first-order valence-corrected chi connectivity index (χ1v) is 14.5. The highest BCUT2D eigenvalue weighted by Gasteiger charge is 2.16. The second-order valence-corrected chi connectivity index (χ2v) is 11.6. The molecule has 45 heavy (non-hydrogen) atoms. The van der Waals surface area contributed by atoms with Crippen LogP contribution in [-0.4, -0.2) is 46.4 Å². The number of carbonyl (C=O) groups excluding carboxylic acids is 3. The van der Waals surface area contributed by atoms with E-state index < -0.39 is 23.3 Å². The van der Waals surface area contributed by atoms with Gasteiger partial charge >= 0.3 is 6.09 Å². The Bertz CT molecular complexity index is 1680. The Morgan fingerprint density at radius 3 is 2.36 bits per heavy atom. The molecule has 0 aliphatic rings. The number of nitrogens with zero attached hydrogens (tertiary/aromatic N) is 1. The Morgan fingerprint density at radius 2 is 1.60 bits per heavy atom. The SMILES string of the molecule is Cc1ccc(F)c(CC(=O)Cc2ccc(Oc3ccnc(-c4cc(C(=O)NCCCNC(=O)OC(C)(C)C)c[nH]4)c3)cc2F)c1.